The standard InChI is InChI=1S/C20H18F3N3O/c21-20(22,23)16-9-7-15(8-10-16)17-5-1-2-6-18(17)19(27)24-11-3-13-26-14-4-12-25-26/h1-2,4-10,12,14H,3,11,13H2,(H,24,27). The number of aromatic nitrogens is 2. The van der Waals surface area contributed by atoms with Gasteiger partial charge in [-0.15, -0.1) is 0 Å². The van der Waals surface area contributed by atoms with E-state index in [0.29, 0.717) is 29.8 Å². The quantitative estimate of drug-likeness (QED) is 0.652. The Hall–Kier alpha value is -3.09. The number of nitrogens with one attached hydrogen (secondary N) is 1. The van der Waals surface area contributed by atoms with Gasteiger partial charge in [0.15, 0.2) is 0 Å². The van der Waals surface area contributed by atoms with E-state index in [-0.39, 0.29) is 5.91 Å². The fraction of sp³-hybridized carbons (Fsp3) is 0.200. The number of alkyl halides is 3. The molecule has 0 aliphatic rings. The van der Waals surface area contributed by atoms with Crippen molar-refractivity contribution in [2.75, 3.05) is 6.54 Å². The van der Waals surface area contributed by atoms with Gasteiger partial charge in [0.2, 0.25) is 0 Å². The molecule has 7 heteroatoms. The summed E-state index contributed by atoms with van der Waals surface area (Å²) in [7, 11) is 0. The van der Waals surface area contributed by atoms with Gasteiger partial charge < -0.3 is 5.32 Å². The number of rotatable bonds is 6. The van der Waals surface area contributed by atoms with Crippen molar-refractivity contribution in [2.24, 2.45) is 0 Å². The molecule has 1 N–H and O–H groups in total. The van der Waals surface area contributed by atoms with Gasteiger partial charge in [-0.25, -0.2) is 0 Å². The van der Waals surface area contributed by atoms with Crippen molar-refractivity contribution >= 4 is 5.91 Å². The van der Waals surface area contributed by atoms with Gasteiger partial charge in [0.25, 0.3) is 5.91 Å². The monoisotopic (exact) mass is 373 g/mol. The zero-order chi connectivity index (χ0) is 19.3. The van der Waals surface area contributed by atoms with Crippen LogP contribution in [0.25, 0.3) is 11.1 Å². The summed E-state index contributed by atoms with van der Waals surface area (Å²) >= 11 is 0. The van der Waals surface area contributed by atoms with Gasteiger partial charge >= 0.3 is 6.18 Å². The van der Waals surface area contributed by atoms with Gasteiger partial charge in [-0.2, -0.15) is 18.3 Å². The van der Waals surface area contributed by atoms with E-state index in [1.165, 1.54) is 12.1 Å². The maximum Gasteiger partial charge on any atom is 0.416 e. The first-order valence-electron chi connectivity index (χ1n) is 8.47. The Morgan fingerprint density at radius 1 is 1.04 bits per heavy atom. The molecule has 0 atom stereocenters. The van der Waals surface area contributed by atoms with Crippen LogP contribution in [0.3, 0.4) is 0 Å². The first-order valence-corrected chi connectivity index (χ1v) is 8.47. The molecule has 1 aromatic heterocycles. The molecule has 0 saturated carbocycles. The minimum Gasteiger partial charge on any atom is -0.352 e. The third kappa shape index (κ3) is 4.75. The van der Waals surface area contributed by atoms with Crippen LogP contribution in [-0.2, 0) is 12.7 Å². The van der Waals surface area contributed by atoms with Crippen molar-refractivity contribution in [3.05, 3.63) is 78.1 Å². The van der Waals surface area contributed by atoms with E-state index in [1.807, 2.05) is 12.3 Å². The Bertz CT molecular complexity index is 888. The van der Waals surface area contributed by atoms with E-state index in [4.69, 9.17) is 0 Å². The third-order valence-electron chi connectivity index (χ3n) is 4.10. The van der Waals surface area contributed by atoms with Crippen LogP contribution in [0.2, 0.25) is 0 Å². The van der Waals surface area contributed by atoms with E-state index in [9.17, 15) is 18.0 Å². The van der Waals surface area contributed by atoms with Crippen LogP contribution in [0, 0.1) is 0 Å². The van der Waals surface area contributed by atoms with Gasteiger partial charge in [-0.05, 0) is 41.8 Å². The number of nitrogens with zero attached hydrogens (tertiary/aromatic N) is 2. The lowest BCUT2D eigenvalue weighted by Gasteiger charge is -2.12. The van der Waals surface area contributed by atoms with Crippen LogP contribution >= 0.6 is 0 Å². The van der Waals surface area contributed by atoms with E-state index < -0.39 is 11.7 Å². The summed E-state index contributed by atoms with van der Waals surface area (Å²) in [5, 5.41) is 6.94. The molecule has 1 amide bonds. The lowest BCUT2D eigenvalue weighted by Crippen LogP contribution is -2.25. The second kappa shape index (κ2) is 8.07. The molecule has 4 nitrogen and oxygen atoms in total. The van der Waals surface area contributed by atoms with E-state index in [2.05, 4.69) is 10.4 Å². The first kappa shape index (κ1) is 18.7. The number of aryl methyl sites for hydroxylation is 1. The fourth-order valence-corrected chi connectivity index (χ4v) is 2.74. The smallest absolute Gasteiger partial charge is 0.352 e. The number of hydrogen-bond acceptors (Lipinski definition) is 2. The normalized spacial score (nSPS) is 11.4. The van der Waals surface area contributed by atoms with Crippen molar-refractivity contribution < 1.29 is 18.0 Å². The lowest BCUT2D eigenvalue weighted by molar-refractivity contribution is -0.137. The largest absolute Gasteiger partial charge is 0.416 e. The maximum absolute atomic E-state index is 12.7. The average Bonchev–Trinajstić information content (AvgIpc) is 3.18. The van der Waals surface area contributed by atoms with Crippen molar-refractivity contribution in [1.82, 2.24) is 15.1 Å². The molecular weight excluding hydrogens is 355 g/mol. The predicted octanol–water partition coefficient (Wildman–Crippen LogP) is 4.39. The summed E-state index contributed by atoms with van der Waals surface area (Å²) in [5.41, 5.74) is 0.865. The molecule has 140 valence electrons. The molecule has 0 spiro atoms. The average molecular weight is 373 g/mol. The first-order chi connectivity index (χ1) is 12.9. The highest BCUT2D eigenvalue weighted by molar-refractivity contribution is 6.00. The molecule has 0 bridgehead atoms. The molecular formula is C20H18F3N3O. The topological polar surface area (TPSA) is 46.9 Å². The second-order valence-electron chi connectivity index (χ2n) is 6.00. The molecule has 0 saturated heterocycles. The van der Waals surface area contributed by atoms with Gasteiger partial charge in [-0.1, -0.05) is 30.3 Å². The number of halogens is 3. The minimum absolute atomic E-state index is 0.258. The number of amides is 1. The van der Waals surface area contributed by atoms with Crippen LogP contribution in [0.1, 0.15) is 22.3 Å². The number of benzene rings is 2. The summed E-state index contributed by atoms with van der Waals surface area (Å²) in [5.74, 6) is -0.258. The summed E-state index contributed by atoms with van der Waals surface area (Å²) in [6.45, 7) is 1.16. The summed E-state index contributed by atoms with van der Waals surface area (Å²) in [6.07, 6.45) is -0.125. The van der Waals surface area contributed by atoms with Gasteiger partial charge in [0.1, 0.15) is 0 Å². The molecule has 3 rings (SSSR count). The third-order valence-corrected chi connectivity index (χ3v) is 4.10. The molecule has 27 heavy (non-hydrogen) atoms. The summed E-state index contributed by atoms with van der Waals surface area (Å²) in [6, 6.07) is 13.5. The van der Waals surface area contributed by atoms with Crippen LogP contribution in [-0.4, -0.2) is 22.2 Å². The second-order valence-corrected chi connectivity index (χ2v) is 6.00. The molecule has 1 heterocycles. The SMILES string of the molecule is O=C(NCCCn1cccn1)c1ccccc1-c1ccc(C(F)(F)F)cc1. The zero-order valence-corrected chi connectivity index (χ0v) is 14.4. The number of carbonyl (C=O) groups is 1. The maximum atomic E-state index is 12.7. The van der Waals surface area contributed by atoms with E-state index >= 15 is 0 Å². The van der Waals surface area contributed by atoms with Crippen molar-refractivity contribution in [3.8, 4) is 11.1 Å². The van der Waals surface area contributed by atoms with Gasteiger partial charge in [0.05, 0.1) is 5.56 Å². The summed E-state index contributed by atoms with van der Waals surface area (Å²) < 4.78 is 40.0. The molecule has 0 aliphatic carbocycles. The van der Waals surface area contributed by atoms with E-state index in [0.717, 1.165) is 18.6 Å². The Kier molecular flexibility index (Phi) is 5.59. The Balaban J connectivity index is 1.68. The van der Waals surface area contributed by atoms with E-state index in [1.54, 1.807) is 35.1 Å². The molecule has 2 aromatic carbocycles. The Morgan fingerprint density at radius 2 is 1.78 bits per heavy atom. The van der Waals surface area contributed by atoms with Crippen molar-refractivity contribution in [3.63, 3.8) is 0 Å². The van der Waals surface area contributed by atoms with Crippen LogP contribution < -0.4 is 5.32 Å². The van der Waals surface area contributed by atoms with Crippen molar-refractivity contribution in [2.45, 2.75) is 19.1 Å². The number of carbonyl (C=O) groups excluding carboxylic acids is 1. The molecule has 0 radical (unpaired) electrons. The highest BCUT2D eigenvalue weighted by Gasteiger charge is 2.30. The predicted molar refractivity (Wildman–Crippen MR) is 96.1 cm³/mol. The molecule has 3 aromatic rings. The number of hydrogen-bond donors (Lipinski definition) is 1. The molecule has 0 unspecified atom stereocenters. The zero-order valence-electron chi connectivity index (χ0n) is 14.4. The van der Waals surface area contributed by atoms with Crippen LogP contribution in [0.4, 0.5) is 13.2 Å². The highest BCUT2D eigenvalue weighted by atomic mass is 19.4. The summed E-state index contributed by atoms with van der Waals surface area (Å²) in [4.78, 5) is 12.5. The lowest BCUT2D eigenvalue weighted by atomic mass is 9.98. The van der Waals surface area contributed by atoms with Gasteiger partial charge in [-0.3, -0.25) is 9.48 Å². The van der Waals surface area contributed by atoms with Crippen LogP contribution in [0.15, 0.2) is 67.0 Å². The van der Waals surface area contributed by atoms with Crippen LogP contribution in [0.5, 0.6) is 0 Å². The van der Waals surface area contributed by atoms with Crippen molar-refractivity contribution in [1.29, 1.82) is 0 Å². The Labute approximate surface area is 154 Å². The fourth-order valence-electron chi connectivity index (χ4n) is 2.74. The molecule has 0 aliphatic heterocycles. The molecule has 0 fully saturated rings. The highest BCUT2D eigenvalue weighted by Crippen LogP contribution is 2.31. The van der Waals surface area contributed by atoms with Gasteiger partial charge in [0, 0.05) is 31.0 Å². The Morgan fingerprint density at radius 3 is 2.44 bits per heavy atom. The minimum atomic E-state index is -4.38.